The number of aromatic nitrogens is 2. The molecular formula is C16H17N3O2. The Morgan fingerprint density at radius 3 is 2.62 bits per heavy atom. The lowest BCUT2D eigenvalue weighted by Crippen LogP contribution is -2.29. The Kier molecular flexibility index (Phi) is 3.12. The molecule has 21 heavy (non-hydrogen) atoms. The lowest BCUT2D eigenvalue weighted by Gasteiger charge is -2.18. The molecule has 0 unspecified atom stereocenters. The van der Waals surface area contributed by atoms with E-state index in [1.807, 2.05) is 37.7 Å². The molecule has 1 aromatic heterocycles. The number of hydrogen-bond donors (Lipinski definition) is 0. The Morgan fingerprint density at radius 1 is 1.19 bits per heavy atom. The molecule has 1 aliphatic heterocycles. The van der Waals surface area contributed by atoms with Crippen LogP contribution in [0, 0.1) is 13.8 Å². The van der Waals surface area contributed by atoms with Gasteiger partial charge in [-0.2, -0.15) is 5.10 Å². The van der Waals surface area contributed by atoms with Crippen molar-refractivity contribution in [2.45, 2.75) is 33.9 Å². The van der Waals surface area contributed by atoms with Crippen molar-refractivity contribution in [1.29, 1.82) is 0 Å². The molecule has 0 saturated heterocycles. The molecule has 5 nitrogen and oxygen atoms in total. The highest BCUT2D eigenvalue weighted by atomic mass is 16.2. The number of amides is 1. The Hall–Kier alpha value is -2.43. The average molecular weight is 283 g/mol. The van der Waals surface area contributed by atoms with Gasteiger partial charge in [-0.25, -0.2) is 0 Å². The highest BCUT2D eigenvalue weighted by Gasteiger charge is 2.37. The van der Waals surface area contributed by atoms with E-state index in [1.165, 1.54) is 0 Å². The van der Waals surface area contributed by atoms with Gasteiger partial charge in [-0.15, -0.1) is 0 Å². The predicted molar refractivity (Wildman–Crippen MR) is 79.3 cm³/mol. The Morgan fingerprint density at radius 2 is 1.95 bits per heavy atom. The van der Waals surface area contributed by atoms with Crippen molar-refractivity contribution in [3.63, 3.8) is 0 Å². The van der Waals surface area contributed by atoms with E-state index < -0.39 is 11.7 Å². The third kappa shape index (κ3) is 2.05. The summed E-state index contributed by atoms with van der Waals surface area (Å²) >= 11 is 0. The van der Waals surface area contributed by atoms with Crippen LogP contribution in [-0.2, 0) is 17.9 Å². The van der Waals surface area contributed by atoms with E-state index in [4.69, 9.17) is 0 Å². The Labute approximate surface area is 123 Å². The van der Waals surface area contributed by atoms with Crippen LogP contribution in [0.3, 0.4) is 0 Å². The minimum Gasteiger partial charge on any atom is -0.300 e. The number of nitrogens with zero attached hydrogens (tertiary/aromatic N) is 3. The smallest absolute Gasteiger partial charge is 0.299 e. The normalized spacial score (nSPS) is 14.0. The fourth-order valence-corrected chi connectivity index (χ4v) is 2.67. The van der Waals surface area contributed by atoms with E-state index in [1.54, 1.807) is 17.2 Å². The zero-order valence-corrected chi connectivity index (χ0v) is 12.4. The maximum Gasteiger partial charge on any atom is 0.299 e. The van der Waals surface area contributed by atoms with Crippen LogP contribution in [0.1, 0.15) is 34.0 Å². The van der Waals surface area contributed by atoms with Crippen LogP contribution in [-0.4, -0.2) is 21.5 Å². The number of anilines is 1. The molecule has 0 fully saturated rings. The second-order valence-electron chi connectivity index (χ2n) is 5.33. The molecule has 1 amide bonds. The van der Waals surface area contributed by atoms with Gasteiger partial charge >= 0.3 is 0 Å². The fraction of sp³-hybridized carbons (Fsp3) is 0.312. The molecule has 2 aromatic rings. The third-order valence-electron chi connectivity index (χ3n) is 4.01. The van der Waals surface area contributed by atoms with Crippen LogP contribution < -0.4 is 4.90 Å². The van der Waals surface area contributed by atoms with Crippen molar-refractivity contribution in [1.82, 2.24) is 9.78 Å². The first kappa shape index (κ1) is 13.5. The molecule has 1 aliphatic rings. The summed E-state index contributed by atoms with van der Waals surface area (Å²) in [7, 11) is 0. The molecule has 108 valence electrons. The minimum atomic E-state index is -0.456. The molecule has 1 aromatic carbocycles. The number of aryl methyl sites for hydroxylation is 2. The SMILES string of the molecule is CCn1cc(CN2C(=O)C(=O)c3ccc(C)c(C)c32)cn1. The maximum atomic E-state index is 12.3. The Balaban J connectivity index is 2.02. The van der Waals surface area contributed by atoms with E-state index in [2.05, 4.69) is 5.10 Å². The molecule has 5 heteroatoms. The highest BCUT2D eigenvalue weighted by Crippen LogP contribution is 2.35. The number of fused-ring (bicyclic) bond motifs is 1. The quantitative estimate of drug-likeness (QED) is 0.812. The number of ketones is 1. The summed E-state index contributed by atoms with van der Waals surface area (Å²) in [6.07, 6.45) is 3.64. The van der Waals surface area contributed by atoms with Crippen molar-refractivity contribution in [2.75, 3.05) is 4.90 Å². The van der Waals surface area contributed by atoms with Gasteiger partial charge in [0.15, 0.2) is 0 Å². The zero-order valence-electron chi connectivity index (χ0n) is 12.4. The van der Waals surface area contributed by atoms with Crippen molar-refractivity contribution >= 4 is 17.4 Å². The van der Waals surface area contributed by atoms with Crippen LogP contribution in [0.15, 0.2) is 24.5 Å². The van der Waals surface area contributed by atoms with Crippen LogP contribution >= 0.6 is 0 Å². The van der Waals surface area contributed by atoms with Crippen molar-refractivity contribution in [3.8, 4) is 0 Å². The van der Waals surface area contributed by atoms with Gasteiger partial charge in [-0.1, -0.05) is 6.07 Å². The Bertz CT molecular complexity index is 746. The lowest BCUT2D eigenvalue weighted by molar-refractivity contribution is -0.114. The number of carbonyl (C=O) groups is 2. The molecular weight excluding hydrogens is 266 g/mol. The summed E-state index contributed by atoms with van der Waals surface area (Å²) in [6, 6.07) is 3.63. The number of rotatable bonds is 3. The van der Waals surface area contributed by atoms with Crippen LogP contribution in [0.4, 0.5) is 5.69 Å². The first-order chi connectivity index (χ1) is 10.0. The monoisotopic (exact) mass is 283 g/mol. The second-order valence-corrected chi connectivity index (χ2v) is 5.33. The van der Waals surface area contributed by atoms with Crippen molar-refractivity contribution in [3.05, 3.63) is 46.8 Å². The van der Waals surface area contributed by atoms with Gasteiger partial charge in [0.05, 0.1) is 24.0 Å². The molecule has 0 N–H and O–H groups in total. The van der Waals surface area contributed by atoms with Crippen LogP contribution in [0.25, 0.3) is 0 Å². The van der Waals surface area contributed by atoms with Gasteiger partial charge in [-0.05, 0) is 38.0 Å². The fourth-order valence-electron chi connectivity index (χ4n) is 2.67. The number of Topliss-reactive ketones (excluding diaryl/α,β-unsaturated/α-hetero) is 1. The van der Waals surface area contributed by atoms with Gasteiger partial charge in [-0.3, -0.25) is 19.2 Å². The van der Waals surface area contributed by atoms with Crippen molar-refractivity contribution in [2.24, 2.45) is 0 Å². The van der Waals surface area contributed by atoms with Gasteiger partial charge in [0.2, 0.25) is 0 Å². The molecule has 0 aliphatic carbocycles. The maximum absolute atomic E-state index is 12.3. The summed E-state index contributed by atoms with van der Waals surface area (Å²) < 4.78 is 1.81. The summed E-state index contributed by atoms with van der Waals surface area (Å²) in [5.74, 6) is -0.876. The van der Waals surface area contributed by atoms with Gasteiger partial charge in [0.1, 0.15) is 0 Å². The van der Waals surface area contributed by atoms with Crippen LogP contribution in [0.5, 0.6) is 0 Å². The summed E-state index contributed by atoms with van der Waals surface area (Å²) in [5, 5.41) is 4.21. The largest absolute Gasteiger partial charge is 0.300 e. The number of carbonyl (C=O) groups excluding carboxylic acids is 2. The summed E-state index contributed by atoms with van der Waals surface area (Å²) in [4.78, 5) is 25.9. The lowest BCUT2D eigenvalue weighted by atomic mass is 10.0. The van der Waals surface area contributed by atoms with E-state index in [0.29, 0.717) is 12.1 Å². The molecule has 0 radical (unpaired) electrons. The molecule has 2 heterocycles. The minimum absolute atomic E-state index is 0.377. The molecule has 0 saturated carbocycles. The van der Waals surface area contributed by atoms with Crippen LogP contribution in [0.2, 0.25) is 0 Å². The summed E-state index contributed by atoms with van der Waals surface area (Å²) in [5.41, 5.74) is 4.23. The van der Waals surface area contributed by atoms with E-state index in [-0.39, 0.29) is 0 Å². The van der Waals surface area contributed by atoms with Gasteiger partial charge < -0.3 is 0 Å². The molecule has 3 rings (SSSR count). The molecule has 0 atom stereocenters. The van der Waals surface area contributed by atoms with E-state index >= 15 is 0 Å². The van der Waals surface area contributed by atoms with Gasteiger partial charge in [0, 0.05) is 18.3 Å². The highest BCUT2D eigenvalue weighted by molar-refractivity contribution is 6.52. The van der Waals surface area contributed by atoms with E-state index in [9.17, 15) is 9.59 Å². The first-order valence-electron chi connectivity index (χ1n) is 7.00. The number of benzene rings is 1. The summed E-state index contributed by atoms with van der Waals surface area (Å²) in [6.45, 7) is 7.09. The van der Waals surface area contributed by atoms with E-state index in [0.717, 1.165) is 28.9 Å². The zero-order chi connectivity index (χ0) is 15.1. The van der Waals surface area contributed by atoms with Gasteiger partial charge in [0.25, 0.3) is 11.7 Å². The second kappa shape index (κ2) is 4.84. The first-order valence-corrected chi connectivity index (χ1v) is 7.00. The topological polar surface area (TPSA) is 55.2 Å². The standard InChI is InChI=1S/C16H17N3O2/c1-4-18-8-12(7-17-18)9-19-14-11(3)10(2)5-6-13(14)15(20)16(19)21/h5-8H,4,9H2,1-3H3. The predicted octanol–water partition coefficient (Wildman–Crippen LogP) is 2.25. The average Bonchev–Trinajstić information content (AvgIpc) is 3.02. The third-order valence-corrected chi connectivity index (χ3v) is 4.01. The van der Waals surface area contributed by atoms with Crippen molar-refractivity contribution < 1.29 is 9.59 Å². The number of hydrogen-bond acceptors (Lipinski definition) is 3. The molecule has 0 spiro atoms. The molecule has 0 bridgehead atoms.